The van der Waals surface area contributed by atoms with Gasteiger partial charge in [0.15, 0.2) is 0 Å². The summed E-state index contributed by atoms with van der Waals surface area (Å²) in [5.74, 6) is -0.163. The highest BCUT2D eigenvalue weighted by molar-refractivity contribution is 7.99. The van der Waals surface area contributed by atoms with Gasteiger partial charge in [0, 0.05) is 65.3 Å². The molecule has 16 heteroatoms. The molecule has 2 aromatic heterocycles. The van der Waals surface area contributed by atoms with E-state index in [4.69, 9.17) is 14.2 Å². The number of nitrogens with zero attached hydrogens (tertiary/aromatic N) is 4. The fraction of sp³-hybridized carbons (Fsp3) is 0.611. The second-order valence-electron chi connectivity index (χ2n) is 11.8. The van der Waals surface area contributed by atoms with Gasteiger partial charge >= 0.3 is 11.9 Å². The van der Waals surface area contributed by atoms with Crippen molar-refractivity contribution in [2.24, 2.45) is 0 Å². The zero-order chi connectivity index (χ0) is 37.7. The van der Waals surface area contributed by atoms with Crippen molar-refractivity contribution in [3.05, 3.63) is 59.2 Å². The molecule has 1 amide bonds. The number of pyridine rings is 2. The summed E-state index contributed by atoms with van der Waals surface area (Å²) in [6.45, 7) is 6.37. The Bertz CT molecular complexity index is 1310. The largest absolute Gasteiger partial charge is 0.477 e. The van der Waals surface area contributed by atoms with Crippen LogP contribution in [0.15, 0.2) is 36.4 Å². The summed E-state index contributed by atoms with van der Waals surface area (Å²) in [7, 11) is 0. The van der Waals surface area contributed by atoms with E-state index in [9.17, 15) is 34.5 Å². The van der Waals surface area contributed by atoms with Gasteiger partial charge in [-0.2, -0.15) is 11.8 Å². The molecule has 0 saturated heterocycles. The maximum atomic E-state index is 11.5. The van der Waals surface area contributed by atoms with E-state index in [1.54, 1.807) is 24.3 Å². The normalized spacial score (nSPS) is 11.3. The van der Waals surface area contributed by atoms with E-state index in [0.29, 0.717) is 96.8 Å². The molecule has 2 rings (SSSR count). The Morgan fingerprint density at radius 1 is 0.712 bits per heavy atom. The van der Waals surface area contributed by atoms with Gasteiger partial charge in [0.1, 0.15) is 17.7 Å². The van der Waals surface area contributed by atoms with Crippen molar-refractivity contribution in [3.63, 3.8) is 0 Å². The van der Waals surface area contributed by atoms with Crippen LogP contribution in [0.3, 0.4) is 0 Å². The number of rotatable bonds is 33. The average molecular weight is 750 g/mol. The molecule has 2 heterocycles. The number of unbranched alkanes of at least 4 members (excludes halogenated alkanes) is 2. The zero-order valence-corrected chi connectivity index (χ0v) is 30.8. The molecule has 0 aliphatic heterocycles. The van der Waals surface area contributed by atoms with Crippen LogP contribution in [0.2, 0.25) is 0 Å². The molecule has 0 radical (unpaired) electrons. The highest BCUT2D eigenvalue weighted by Crippen LogP contribution is 2.09. The van der Waals surface area contributed by atoms with Crippen LogP contribution in [0.1, 0.15) is 70.9 Å². The van der Waals surface area contributed by atoms with Crippen molar-refractivity contribution in [3.8, 4) is 0 Å². The molecule has 0 bridgehead atoms. The number of hydrogen-bond donors (Lipinski definition) is 4. The molecule has 0 unspecified atom stereocenters. The standard InChI is InChI=1S/C36H55N5O10S/c42-18-6-12-34(44)37-13-2-1-3-26-52-27-7-20-49-21-16-41(29-31-9-5-11-33(39-31)36(47)48)17-23-51-25-24-50-22-15-40(14-19-43)28-30-8-4-10-32(38-30)35(45)46/h4-5,8-11,18,43H,1-3,6-7,12-17,19-29H2,(H,37,44)(H,45,46)(H,47,48). The summed E-state index contributed by atoms with van der Waals surface area (Å²) in [5, 5.41) is 30.8. The van der Waals surface area contributed by atoms with Crippen molar-refractivity contribution in [2.75, 3.05) is 90.5 Å². The fourth-order valence-corrected chi connectivity index (χ4v) is 5.83. The number of aliphatic hydroxyl groups is 1. The molecule has 15 nitrogen and oxygen atoms in total. The minimum absolute atomic E-state index is 0.0000453. The number of aromatic carboxylic acids is 2. The number of aldehydes is 1. The molecule has 0 fully saturated rings. The number of hydrogen-bond acceptors (Lipinski definition) is 13. The monoisotopic (exact) mass is 749 g/mol. The molecule has 0 aliphatic rings. The van der Waals surface area contributed by atoms with Crippen molar-refractivity contribution in [1.29, 1.82) is 0 Å². The van der Waals surface area contributed by atoms with Gasteiger partial charge in [-0.15, -0.1) is 0 Å². The van der Waals surface area contributed by atoms with E-state index < -0.39 is 11.9 Å². The van der Waals surface area contributed by atoms with Crippen LogP contribution in [0, 0.1) is 0 Å². The number of carboxylic acids is 2. The quantitative estimate of drug-likeness (QED) is 0.0613. The Kier molecular flexibility index (Phi) is 24.9. The second-order valence-corrected chi connectivity index (χ2v) is 13.1. The van der Waals surface area contributed by atoms with Crippen LogP contribution in [0.4, 0.5) is 0 Å². The van der Waals surface area contributed by atoms with E-state index in [2.05, 4.69) is 20.2 Å². The Balaban J connectivity index is 1.62. The fourth-order valence-electron chi connectivity index (χ4n) is 4.90. The molecule has 290 valence electrons. The number of carbonyl (C=O) groups is 4. The lowest BCUT2D eigenvalue weighted by molar-refractivity contribution is -0.122. The van der Waals surface area contributed by atoms with E-state index in [0.717, 1.165) is 43.5 Å². The predicted octanol–water partition coefficient (Wildman–Crippen LogP) is 2.61. The van der Waals surface area contributed by atoms with E-state index in [1.165, 1.54) is 12.1 Å². The van der Waals surface area contributed by atoms with E-state index in [-0.39, 0.29) is 36.7 Å². The Morgan fingerprint density at radius 3 is 1.79 bits per heavy atom. The van der Waals surface area contributed by atoms with Crippen molar-refractivity contribution < 1.29 is 48.7 Å². The molecular weight excluding hydrogens is 694 g/mol. The highest BCUT2D eigenvalue weighted by Gasteiger charge is 2.12. The average Bonchev–Trinajstić information content (AvgIpc) is 3.13. The smallest absolute Gasteiger partial charge is 0.354 e. The van der Waals surface area contributed by atoms with E-state index >= 15 is 0 Å². The minimum atomic E-state index is -1.09. The van der Waals surface area contributed by atoms with Crippen molar-refractivity contribution in [2.45, 2.75) is 51.6 Å². The minimum Gasteiger partial charge on any atom is -0.477 e. The summed E-state index contributed by atoms with van der Waals surface area (Å²) >= 11 is 1.89. The first-order chi connectivity index (χ1) is 25.3. The van der Waals surface area contributed by atoms with Gasteiger partial charge < -0.3 is 39.6 Å². The molecule has 0 spiro atoms. The maximum absolute atomic E-state index is 11.5. The van der Waals surface area contributed by atoms with Gasteiger partial charge in [0.05, 0.1) is 51.0 Å². The highest BCUT2D eigenvalue weighted by atomic mass is 32.2. The van der Waals surface area contributed by atoms with Crippen LogP contribution < -0.4 is 5.32 Å². The van der Waals surface area contributed by atoms with Crippen LogP contribution >= 0.6 is 11.8 Å². The number of aliphatic hydroxyl groups excluding tert-OH is 1. The van der Waals surface area contributed by atoms with Gasteiger partial charge in [0.25, 0.3) is 0 Å². The third-order valence-corrected chi connectivity index (χ3v) is 8.78. The third-order valence-electron chi connectivity index (χ3n) is 7.62. The van der Waals surface area contributed by atoms with Crippen LogP contribution in [-0.2, 0) is 36.9 Å². The van der Waals surface area contributed by atoms with Crippen LogP contribution in [0.25, 0.3) is 0 Å². The summed E-state index contributed by atoms with van der Waals surface area (Å²) in [4.78, 5) is 56.9. The Morgan fingerprint density at radius 2 is 1.25 bits per heavy atom. The van der Waals surface area contributed by atoms with Gasteiger partial charge in [-0.1, -0.05) is 18.6 Å². The molecular formula is C36H55N5O10S. The van der Waals surface area contributed by atoms with Gasteiger partial charge in [-0.3, -0.25) is 14.6 Å². The first-order valence-corrected chi connectivity index (χ1v) is 18.9. The number of carbonyl (C=O) groups excluding carboxylic acids is 2. The van der Waals surface area contributed by atoms with Crippen LogP contribution in [-0.4, -0.2) is 150 Å². The summed E-state index contributed by atoms with van der Waals surface area (Å²) in [6, 6.07) is 9.80. The molecule has 0 saturated carbocycles. The predicted molar refractivity (Wildman–Crippen MR) is 197 cm³/mol. The zero-order valence-electron chi connectivity index (χ0n) is 30.0. The first kappa shape index (κ1) is 44.7. The Labute approximate surface area is 310 Å². The summed E-state index contributed by atoms with van der Waals surface area (Å²) < 4.78 is 17.4. The number of thioether (sulfide) groups is 1. The SMILES string of the molecule is O=CCCC(=O)NCCCCCSCCCOCCN(CCOCCOCCN(CCO)Cc1cccc(C(=O)O)n1)Cc1cccc(C(=O)O)n1. The lowest BCUT2D eigenvalue weighted by atomic mass is 10.2. The van der Waals surface area contributed by atoms with Gasteiger partial charge in [-0.25, -0.2) is 19.6 Å². The van der Waals surface area contributed by atoms with Gasteiger partial charge in [-0.05, 0) is 55.0 Å². The molecule has 4 N–H and O–H groups in total. The Hall–Kier alpha value is -3.51. The van der Waals surface area contributed by atoms with Crippen molar-refractivity contribution in [1.82, 2.24) is 25.1 Å². The number of aromatic nitrogens is 2. The lowest BCUT2D eigenvalue weighted by Crippen LogP contribution is -2.32. The number of carboxylic acid groups (broad SMARTS) is 2. The number of nitrogens with one attached hydrogen (secondary N) is 1. The van der Waals surface area contributed by atoms with Gasteiger partial charge in [0.2, 0.25) is 5.91 Å². The summed E-state index contributed by atoms with van der Waals surface area (Å²) in [6.07, 6.45) is 5.29. The molecule has 0 aliphatic carbocycles. The molecule has 52 heavy (non-hydrogen) atoms. The van der Waals surface area contributed by atoms with Crippen LogP contribution in [0.5, 0.6) is 0 Å². The molecule has 0 aromatic carbocycles. The number of amides is 1. The second kappa shape index (κ2) is 29.0. The van der Waals surface area contributed by atoms with E-state index in [1.807, 2.05) is 16.7 Å². The first-order valence-electron chi connectivity index (χ1n) is 17.8. The third kappa shape index (κ3) is 21.8. The van der Waals surface area contributed by atoms with Crippen molar-refractivity contribution >= 4 is 35.9 Å². The lowest BCUT2D eigenvalue weighted by Gasteiger charge is -2.22. The summed E-state index contributed by atoms with van der Waals surface area (Å²) in [5.41, 5.74) is 1.23. The molecule has 0 atom stereocenters. The topological polar surface area (TPSA) is 201 Å². The molecule has 2 aromatic rings. The number of ether oxygens (including phenoxy) is 3. The maximum Gasteiger partial charge on any atom is 0.354 e.